The molecule has 0 aliphatic carbocycles. The number of fused-ring (bicyclic) bond motifs is 2. The summed E-state index contributed by atoms with van der Waals surface area (Å²) in [6.07, 6.45) is 9.43. The van der Waals surface area contributed by atoms with Crippen molar-refractivity contribution in [2.75, 3.05) is 19.6 Å². The van der Waals surface area contributed by atoms with Crippen LogP contribution >= 0.6 is 24.8 Å². The van der Waals surface area contributed by atoms with Crippen LogP contribution in [0.1, 0.15) is 46.0 Å². The fourth-order valence-electron chi connectivity index (χ4n) is 4.36. The molecule has 0 aromatic carbocycles. The minimum absolute atomic E-state index is 0. The minimum Gasteiger partial charge on any atom is -0.355 e. The third kappa shape index (κ3) is 7.59. The number of carbonyl (C=O) groups excluding carboxylic acids is 1. The van der Waals surface area contributed by atoms with E-state index in [0.717, 1.165) is 25.9 Å². The maximum absolute atomic E-state index is 12.4. The van der Waals surface area contributed by atoms with Crippen molar-refractivity contribution in [1.82, 2.24) is 15.5 Å². The lowest BCUT2D eigenvalue weighted by Gasteiger charge is -2.33. The molecule has 2 heterocycles. The Morgan fingerprint density at radius 2 is 1.69 bits per heavy atom. The van der Waals surface area contributed by atoms with Crippen LogP contribution in [0.25, 0.3) is 0 Å². The van der Waals surface area contributed by atoms with Gasteiger partial charge in [0.25, 0.3) is 0 Å². The molecule has 26 heavy (non-hydrogen) atoms. The lowest BCUT2D eigenvalue weighted by atomic mass is 9.89. The first-order valence-corrected chi connectivity index (χ1v) is 9.52. The average molecular weight is 406 g/mol. The van der Waals surface area contributed by atoms with Crippen molar-refractivity contribution in [2.24, 2.45) is 11.8 Å². The fraction of sp³-hybridized carbons (Fsp3) is 0.750. The van der Waals surface area contributed by atoms with Gasteiger partial charge in [0, 0.05) is 44.2 Å². The quantitative estimate of drug-likeness (QED) is 0.546. The Morgan fingerprint density at radius 3 is 2.15 bits per heavy atom. The first-order chi connectivity index (χ1) is 11.5. The second-order valence-corrected chi connectivity index (χ2v) is 7.83. The molecule has 4 nitrogen and oxygen atoms in total. The van der Waals surface area contributed by atoms with Crippen molar-refractivity contribution in [3.63, 3.8) is 0 Å². The van der Waals surface area contributed by atoms with E-state index in [9.17, 15) is 4.79 Å². The van der Waals surface area contributed by atoms with Crippen LogP contribution in [0.2, 0.25) is 0 Å². The number of halogens is 2. The topological polar surface area (TPSA) is 44.4 Å². The van der Waals surface area contributed by atoms with Crippen molar-refractivity contribution >= 4 is 30.7 Å². The first-order valence-electron chi connectivity index (χ1n) is 9.52. The van der Waals surface area contributed by atoms with Gasteiger partial charge in [-0.25, -0.2) is 0 Å². The minimum atomic E-state index is 0. The van der Waals surface area contributed by atoms with E-state index in [1.165, 1.54) is 12.8 Å². The monoisotopic (exact) mass is 405 g/mol. The number of nitrogens with one attached hydrogen (secondary N) is 2. The second kappa shape index (κ2) is 12.8. The summed E-state index contributed by atoms with van der Waals surface area (Å²) >= 11 is 0. The van der Waals surface area contributed by atoms with Gasteiger partial charge in [-0.15, -0.1) is 38.0 Å². The van der Waals surface area contributed by atoms with E-state index in [2.05, 4.69) is 42.5 Å². The Bertz CT molecular complexity index is 423. The predicted octanol–water partition coefficient (Wildman–Crippen LogP) is 3.57. The number of nitrogens with zero attached hydrogens (tertiary/aromatic N) is 1. The van der Waals surface area contributed by atoms with Gasteiger partial charge in [0.1, 0.15) is 0 Å². The molecular formula is C20H37Cl2N3O. The van der Waals surface area contributed by atoms with Gasteiger partial charge < -0.3 is 10.6 Å². The molecule has 2 bridgehead atoms. The summed E-state index contributed by atoms with van der Waals surface area (Å²) in [6.45, 7) is 14.5. The molecule has 0 radical (unpaired) electrons. The van der Waals surface area contributed by atoms with Crippen LogP contribution in [-0.4, -0.2) is 48.6 Å². The summed E-state index contributed by atoms with van der Waals surface area (Å²) in [7, 11) is 0. The van der Waals surface area contributed by atoms with Gasteiger partial charge in [-0.2, -0.15) is 0 Å². The highest BCUT2D eigenvalue weighted by Crippen LogP contribution is 2.32. The lowest BCUT2D eigenvalue weighted by molar-refractivity contribution is -0.122. The largest absolute Gasteiger partial charge is 0.355 e. The normalized spacial score (nSPS) is 25.2. The molecule has 2 N–H and O–H groups in total. The first kappa shape index (κ1) is 25.4. The van der Waals surface area contributed by atoms with Crippen LogP contribution in [0.3, 0.4) is 0 Å². The number of amides is 1. The van der Waals surface area contributed by atoms with Gasteiger partial charge in [-0.1, -0.05) is 26.0 Å². The van der Waals surface area contributed by atoms with E-state index in [0.29, 0.717) is 42.9 Å². The summed E-state index contributed by atoms with van der Waals surface area (Å²) in [5, 5.41) is 6.83. The summed E-state index contributed by atoms with van der Waals surface area (Å²) in [5.41, 5.74) is 0. The molecule has 2 aliphatic heterocycles. The van der Waals surface area contributed by atoms with Gasteiger partial charge in [0.2, 0.25) is 5.91 Å². The Hall–Kier alpha value is -0.550. The van der Waals surface area contributed by atoms with Crippen molar-refractivity contribution in [3.8, 4) is 0 Å². The fourth-order valence-corrected chi connectivity index (χ4v) is 4.36. The number of rotatable bonds is 10. The molecule has 6 heteroatoms. The number of carbonyl (C=O) groups is 1. The Balaban J connectivity index is 0.00000312. The van der Waals surface area contributed by atoms with Crippen molar-refractivity contribution in [1.29, 1.82) is 0 Å². The Morgan fingerprint density at radius 1 is 1.15 bits per heavy atom. The Kier molecular flexibility index (Phi) is 12.5. The summed E-state index contributed by atoms with van der Waals surface area (Å²) < 4.78 is 0. The SMILES string of the molecule is C=CCN(CC=C)C(CNC(=O)CC1CC2CCC(C1)N2)C(C)C.Cl.Cl. The molecule has 3 atom stereocenters. The van der Waals surface area contributed by atoms with E-state index >= 15 is 0 Å². The van der Waals surface area contributed by atoms with E-state index in [-0.39, 0.29) is 30.7 Å². The zero-order valence-corrected chi connectivity index (χ0v) is 17.9. The molecule has 0 saturated carbocycles. The van der Waals surface area contributed by atoms with E-state index in [4.69, 9.17) is 0 Å². The highest BCUT2D eigenvalue weighted by Gasteiger charge is 2.34. The zero-order chi connectivity index (χ0) is 17.5. The van der Waals surface area contributed by atoms with Crippen molar-refractivity contribution in [2.45, 2.75) is 64.1 Å². The molecule has 0 spiro atoms. The van der Waals surface area contributed by atoms with Gasteiger partial charge in [0.15, 0.2) is 0 Å². The van der Waals surface area contributed by atoms with Crippen LogP contribution in [0.4, 0.5) is 0 Å². The molecule has 2 aliphatic rings. The highest BCUT2D eigenvalue weighted by molar-refractivity contribution is 5.85. The standard InChI is InChI=1S/C20H35N3O.2ClH/c1-5-9-23(10-6-2)19(15(3)4)14-21-20(24)13-16-11-17-7-8-18(12-16)22-17;;/h5-6,15-19,22H,1-2,7-14H2,3-4H3,(H,21,24);2*1H. The molecule has 3 unspecified atom stereocenters. The van der Waals surface area contributed by atoms with E-state index in [1.54, 1.807) is 0 Å². The summed E-state index contributed by atoms with van der Waals surface area (Å²) in [5.74, 6) is 1.24. The van der Waals surface area contributed by atoms with E-state index < -0.39 is 0 Å². The molecular weight excluding hydrogens is 369 g/mol. The molecule has 2 rings (SSSR count). The van der Waals surface area contributed by atoms with Crippen LogP contribution in [0.5, 0.6) is 0 Å². The highest BCUT2D eigenvalue weighted by atomic mass is 35.5. The van der Waals surface area contributed by atoms with Gasteiger partial charge >= 0.3 is 0 Å². The van der Waals surface area contributed by atoms with Crippen molar-refractivity contribution in [3.05, 3.63) is 25.3 Å². The van der Waals surface area contributed by atoms with Crippen LogP contribution in [0.15, 0.2) is 25.3 Å². The second-order valence-electron chi connectivity index (χ2n) is 7.83. The molecule has 0 aromatic rings. The number of hydrogen-bond donors (Lipinski definition) is 2. The van der Waals surface area contributed by atoms with Crippen LogP contribution in [-0.2, 0) is 4.79 Å². The maximum atomic E-state index is 12.4. The lowest BCUT2D eigenvalue weighted by Crippen LogP contribution is -2.47. The molecule has 2 fully saturated rings. The third-order valence-corrected chi connectivity index (χ3v) is 5.52. The van der Waals surface area contributed by atoms with Gasteiger partial charge in [-0.3, -0.25) is 9.69 Å². The molecule has 2 saturated heterocycles. The van der Waals surface area contributed by atoms with E-state index in [1.807, 2.05) is 12.2 Å². The maximum Gasteiger partial charge on any atom is 0.220 e. The van der Waals surface area contributed by atoms with Crippen LogP contribution in [0, 0.1) is 11.8 Å². The van der Waals surface area contributed by atoms with Gasteiger partial charge in [0.05, 0.1) is 0 Å². The van der Waals surface area contributed by atoms with Crippen LogP contribution < -0.4 is 10.6 Å². The third-order valence-electron chi connectivity index (χ3n) is 5.52. The molecule has 152 valence electrons. The Labute approximate surface area is 172 Å². The molecule has 0 aromatic heterocycles. The summed E-state index contributed by atoms with van der Waals surface area (Å²) in [4.78, 5) is 14.7. The number of piperidine rings is 1. The zero-order valence-electron chi connectivity index (χ0n) is 16.3. The average Bonchev–Trinajstić information content (AvgIpc) is 2.86. The van der Waals surface area contributed by atoms with Gasteiger partial charge in [-0.05, 0) is 37.5 Å². The molecule has 1 amide bonds. The smallest absolute Gasteiger partial charge is 0.220 e. The summed E-state index contributed by atoms with van der Waals surface area (Å²) in [6, 6.07) is 1.62. The number of hydrogen-bond acceptors (Lipinski definition) is 3. The predicted molar refractivity (Wildman–Crippen MR) is 115 cm³/mol. The van der Waals surface area contributed by atoms with Crippen molar-refractivity contribution < 1.29 is 4.79 Å².